The van der Waals surface area contributed by atoms with Crippen molar-refractivity contribution in [3.8, 4) is 6.07 Å². The van der Waals surface area contributed by atoms with Crippen LogP contribution in [0.3, 0.4) is 0 Å². The number of benzene rings is 1. The average molecular weight is 649 g/mol. The monoisotopic (exact) mass is 648 g/mol. The predicted molar refractivity (Wildman–Crippen MR) is 169 cm³/mol. The number of carbonyl (C=O) groups excluding carboxylic acids is 1. The maximum Gasteiger partial charge on any atom is 0.259 e. The van der Waals surface area contributed by atoms with Crippen molar-refractivity contribution in [2.75, 3.05) is 32.2 Å². The Labute approximate surface area is 268 Å². The molecule has 0 radical (unpaired) electrons. The van der Waals surface area contributed by atoms with Gasteiger partial charge in [0.25, 0.3) is 14.4 Å². The molecule has 5 atom stereocenters. The van der Waals surface area contributed by atoms with E-state index in [9.17, 15) is 9.90 Å². The first-order valence-corrected chi connectivity index (χ1v) is 15.8. The van der Waals surface area contributed by atoms with Gasteiger partial charge in [-0.1, -0.05) is 18.2 Å². The van der Waals surface area contributed by atoms with Crippen molar-refractivity contribution in [2.45, 2.75) is 84.1 Å². The third-order valence-electron chi connectivity index (χ3n) is 6.67. The van der Waals surface area contributed by atoms with E-state index < -0.39 is 33.1 Å². The molecule has 0 spiro atoms. The van der Waals surface area contributed by atoms with Gasteiger partial charge in [-0.3, -0.25) is 9.36 Å². The van der Waals surface area contributed by atoms with Crippen LogP contribution in [-0.4, -0.2) is 99.1 Å². The van der Waals surface area contributed by atoms with Crippen molar-refractivity contribution in [3.05, 3.63) is 48.5 Å². The Morgan fingerprint density at radius 1 is 1.24 bits per heavy atom. The number of nitrogens with one attached hydrogen (secondary N) is 1. The zero-order valence-corrected chi connectivity index (χ0v) is 27.2. The van der Waals surface area contributed by atoms with E-state index in [4.69, 9.17) is 26.6 Å². The first kappa shape index (κ1) is 33.2. The molecule has 45 heavy (non-hydrogen) atoms. The number of hydrogen-bond donors (Lipinski definition) is 3. The van der Waals surface area contributed by atoms with Crippen LogP contribution >= 0.6 is 8.53 Å². The summed E-state index contributed by atoms with van der Waals surface area (Å²) in [6.45, 7) is 8.41. The van der Waals surface area contributed by atoms with Crippen LogP contribution in [0.4, 0.5) is 5.82 Å². The molecule has 1 unspecified atom stereocenters. The van der Waals surface area contributed by atoms with Gasteiger partial charge in [0.1, 0.15) is 18.5 Å². The van der Waals surface area contributed by atoms with Crippen LogP contribution < -0.4 is 5.32 Å². The number of imidazole rings is 1. The zero-order chi connectivity index (χ0) is 34.3. The molecule has 4 rings (SSSR count). The van der Waals surface area contributed by atoms with Gasteiger partial charge in [0.2, 0.25) is 1.43 Å². The fraction of sp³-hybridized carbons (Fsp3) is 0.567. The van der Waals surface area contributed by atoms with E-state index >= 15 is 0 Å². The number of aromatic nitrogens is 4. The van der Waals surface area contributed by atoms with Crippen molar-refractivity contribution in [2.24, 2.45) is 0 Å². The molecular weight excluding hydrogens is 601 g/mol. The third-order valence-corrected chi connectivity index (χ3v) is 8.80. The minimum absolute atomic E-state index is 0.0597. The van der Waals surface area contributed by atoms with Crippen molar-refractivity contribution in [3.63, 3.8) is 0 Å². The molecule has 2 aromatic heterocycles. The zero-order valence-electron chi connectivity index (χ0n) is 28.3. The number of anilines is 1. The molecule has 3 heterocycles. The Morgan fingerprint density at radius 3 is 2.62 bits per heavy atom. The minimum Gasteiger partial charge on any atom is -0.400 e. The summed E-state index contributed by atoms with van der Waals surface area (Å²) in [7, 11) is -0.368. The van der Waals surface area contributed by atoms with Crippen LogP contribution in [0.5, 0.6) is 0 Å². The van der Waals surface area contributed by atoms with Gasteiger partial charge in [0, 0.05) is 39.3 Å². The Bertz CT molecular complexity index is 1410. The Kier molecular flexibility index (Phi) is 13.4. The number of amides is 1. The number of nitrogens with zero attached hydrogens (tertiary/aromatic N) is 6. The molecule has 1 aliphatic rings. The highest BCUT2D eigenvalue weighted by molar-refractivity contribution is 7.44. The highest BCUT2D eigenvalue weighted by Crippen LogP contribution is 2.50. The summed E-state index contributed by atoms with van der Waals surface area (Å²) in [6, 6.07) is 11.0. The van der Waals surface area contributed by atoms with E-state index in [1.807, 2.05) is 33.8 Å². The lowest BCUT2D eigenvalue weighted by molar-refractivity contribution is -0.0669. The van der Waals surface area contributed by atoms with Crippen molar-refractivity contribution in [1.29, 1.82) is 6.69 Å². The lowest BCUT2D eigenvalue weighted by atomic mass is 10.1. The average Bonchev–Trinajstić information content (AvgIpc) is 3.63. The lowest BCUT2D eigenvalue weighted by Gasteiger charge is -2.38. The fourth-order valence-electron chi connectivity index (χ4n) is 4.82. The van der Waals surface area contributed by atoms with Crippen molar-refractivity contribution in [1.82, 2.24) is 24.2 Å². The van der Waals surface area contributed by atoms with Gasteiger partial charge in [0.05, 0.1) is 31.5 Å². The number of ether oxygens (including phenoxy) is 2. The first-order valence-electron chi connectivity index (χ1n) is 15.8. The highest BCUT2D eigenvalue weighted by atomic mass is 31.2. The molecule has 14 nitrogen and oxygen atoms in total. The second-order valence-electron chi connectivity index (χ2n) is 10.5. The van der Waals surface area contributed by atoms with Gasteiger partial charge in [-0.15, -0.1) is 0 Å². The summed E-state index contributed by atoms with van der Waals surface area (Å²) in [5.41, 5.74) is 1.22. The molecule has 0 aliphatic carbocycles. The van der Waals surface area contributed by atoms with E-state index in [1.165, 1.54) is 19.8 Å². The number of carbonyl (C=O) groups is 1. The summed E-state index contributed by atoms with van der Waals surface area (Å²) >= 11 is 0. The molecule has 3 N–H and O–H groups in total. The lowest BCUT2D eigenvalue weighted by Crippen LogP contribution is -2.39. The van der Waals surface area contributed by atoms with Crippen LogP contribution in [0.15, 0.2) is 43.0 Å². The van der Waals surface area contributed by atoms with Crippen LogP contribution in [0.2, 0.25) is 0 Å². The van der Waals surface area contributed by atoms with Gasteiger partial charge < -0.3 is 34.1 Å². The van der Waals surface area contributed by atoms with E-state index in [-0.39, 0.29) is 56.9 Å². The van der Waals surface area contributed by atoms with Crippen LogP contribution in [0.1, 0.15) is 65.4 Å². The van der Waals surface area contributed by atoms with Crippen molar-refractivity contribution < 1.29 is 34.9 Å². The largest absolute Gasteiger partial charge is 0.400 e. The molecule has 0 bridgehead atoms. The summed E-state index contributed by atoms with van der Waals surface area (Å²) in [5.74, 6) is -0.100. The number of hydrogen-bond acceptors (Lipinski definition) is 12. The van der Waals surface area contributed by atoms with Gasteiger partial charge in [-0.25, -0.2) is 19.6 Å². The summed E-state index contributed by atoms with van der Waals surface area (Å²) in [5, 5.41) is 24.9. The quantitative estimate of drug-likeness (QED) is 0.159. The maximum atomic E-state index is 12.9. The first-order chi connectivity index (χ1) is 22.7. The standard InChI is InChI=1S/C29H40N7O6P.CH4O/c1-19(2)36(20(3)4)43(40-16-9-13-30)42-24-21(5)41-29(25(24)39-15-10-14-37)35-18-33-23-26(31-17-32-27(23)35)34-28(38)22-11-7-6-8-12-22;1-2/h6-8,11-12,17-21,24-25,29,37H,9-10,14-16H2,1-5H3,(H,31,32,34,38);2H,1H3/t21-,24-,25-,29-,43?;/m1./s1/i5D;2T. The topological polar surface area (TPSA) is 177 Å². The van der Waals surface area contributed by atoms with Crippen LogP contribution in [0, 0.1) is 11.3 Å². The normalized spacial score (nSPS) is 20.9. The number of nitriles is 1. The number of fused-ring (bicyclic) bond motifs is 1. The minimum atomic E-state index is -1.66. The van der Waals surface area contributed by atoms with Gasteiger partial charge in [-0.05, 0) is 53.1 Å². The molecule has 0 saturated carbocycles. The molecule has 1 aromatic carbocycles. The van der Waals surface area contributed by atoms with Gasteiger partial charge in [0.15, 0.2) is 23.2 Å². The number of aliphatic hydroxyl groups excluding tert-OH is 2. The molecule has 1 saturated heterocycles. The van der Waals surface area contributed by atoms with Crippen LogP contribution in [0.25, 0.3) is 11.2 Å². The van der Waals surface area contributed by atoms with E-state index in [0.717, 1.165) is 0 Å². The summed E-state index contributed by atoms with van der Waals surface area (Å²) in [6.07, 6.45) is 0.530. The summed E-state index contributed by atoms with van der Waals surface area (Å²) in [4.78, 5) is 26.0. The van der Waals surface area contributed by atoms with Gasteiger partial charge >= 0.3 is 0 Å². The molecule has 1 fully saturated rings. The number of rotatable bonds is 15. The van der Waals surface area contributed by atoms with Crippen molar-refractivity contribution >= 4 is 31.4 Å². The summed E-state index contributed by atoms with van der Waals surface area (Å²) < 4.78 is 43.3. The molecular formula is C30H44N7O7P. The van der Waals surface area contributed by atoms with E-state index in [2.05, 4.69) is 36.1 Å². The molecule has 1 aliphatic heterocycles. The van der Waals surface area contributed by atoms with Gasteiger partial charge in [-0.2, -0.15) is 5.26 Å². The third kappa shape index (κ3) is 9.22. The fourth-order valence-corrected chi connectivity index (χ4v) is 6.59. The Morgan fingerprint density at radius 2 is 1.98 bits per heavy atom. The molecule has 246 valence electrons. The Hall–Kier alpha value is -3.12. The SMILES string of the molecule is [2H]C[C@H]1O[C@@H](n2cnc3c(NC(=O)c4ccccc4)ncnc32)[C@H](OCCCO)[C@@H]1OP(OCCC#N)N(C(C)C)C(C)C.[3H]OC. The van der Waals surface area contributed by atoms with E-state index in [0.29, 0.717) is 23.1 Å². The Balaban J connectivity index is 0.00000192. The number of aliphatic hydroxyl groups is 2. The van der Waals surface area contributed by atoms with E-state index in [1.54, 1.807) is 28.8 Å². The predicted octanol–water partition coefficient (Wildman–Crippen LogP) is 4.03. The second-order valence-corrected chi connectivity index (χ2v) is 11.9. The highest BCUT2D eigenvalue weighted by Gasteiger charge is 2.48. The maximum absolute atomic E-state index is 12.9. The molecule has 3 aromatic rings. The molecule has 1 amide bonds. The molecule has 15 heteroatoms. The second kappa shape index (κ2) is 18.1. The smallest absolute Gasteiger partial charge is 0.259 e. The van der Waals surface area contributed by atoms with Crippen LogP contribution in [-0.2, 0) is 18.5 Å².